The summed E-state index contributed by atoms with van der Waals surface area (Å²) in [5.74, 6) is -1.18. The molecule has 2 aliphatic rings. The minimum absolute atomic E-state index is 0.0524. The number of carbonyl (C=O) groups excluding carboxylic acids is 2. The van der Waals surface area contributed by atoms with Gasteiger partial charge in [-0.3, -0.25) is 9.59 Å². The van der Waals surface area contributed by atoms with E-state index in [1.54, 1.807) is 6.07 Å². The van der Waals surface area contributed by atoms with Gasteiger partial charge in [-0.25, -0.2) is 8.42 Å². The number of amides is 2. The standard InChI is InChI=1S/C17H24N4O5S/c18-16(22)12-19-17(23)14-11-13(3-4-15(14)20-5-1-2-6-20)27(24,25)21-7-9-26-10-8-21/h3-4,11H,1-2,5-10,12H2,(H2,18,22)(H,19,23). The van der Waals surface area contributed by atoms with Gasteiger partial charge in [0.2, 0.25) is 15.9 Å². The second kappa shape index (κ2) is 8.24. The average molecular weight is 396 g/mol. The zero-order chi connectivity index (χ0) is 19.4. The molecule has 1 aromatic carbocycles. The molecule has 9 nitrogen and oxygen atoms in total. The number of rotatable bonds is 6. The number of benzene rings is 1. The zero-order valence-electron chi connectivity index (χ0n) is 15.0. The van der Waals surface area contributed by atoms with Gasteiger partial charge in [0.25, 0.3) is 5.91 Å². The molecular weight excluding hydrogens is 372 g/mol. The number of hydrogen-bond donors (Lipinski definition) is 2. The summed E-state index contributed by atoms with van der Waals surface area (Å²) >= 11 is 0. The first-order valence-electron chi connectivity index (χ1n) is 8.93. The Morgan fingerprint density at radius 3 is 2.41 bits per heavy atom. The summed E-state index contributed by atoms with van der Waals surface area (Å²) in [6.45, 7) is 2.53. The molecule has 0 spiro atoms. The highest BCUT2D eigenvalue weighted by Crippen LogP contribution is 2.28. The fourth-order valence-corrected chi connectivity index (χ4v) is 4.72. The van der Waals surface area contributed by atoms with Crippen LogP contribution in [0.2, 0.25) is 0 Å². The van der Waals surface area contributed by atoms with Crippen molar-refractivity contribution >= 4 is 27.5 Å². The van der Waals surface area contributed by atoms with Crippen molar-refractivity contribution in [3.8, 4) is 0 Å². The third kappa shape index (κ3) is 4.40. The van der Waals surface area contributed by atoms with E-state index >= 15 is 0 Å². The molecule has 0 unspecified atom stereocenters. The molecule has 2 amide bonds. The molecule has 27 heavy (non-hydrogen) atoms. The highest BCUT2D eigenvalue weighted by molar-refractivity contribution is 7.89. The van der Waals surface area contributed by atoms with Gasteiger partial charge in [0.05, 0.1) is 30.2 Å². The van der Waals surface area contributed by atoms with Crippen LogP contribution in [0.15, 0.2) is 23.1 Å². The fourth-order valence-electron chi connectivity index (χ4n) is 3.29. The van der Waals surface area contributed by atoms with E-state index in [1.807, 2.05) is 4.90 Å². The van der Waals surface area contributed by atoms with Gasteiger partial charge in [0, 0.05) is 31.9 Å². The molecule has 10 heteroatoms. The van der Waals surface area contributed by atoms with E-state index in [0.717, 1.165) is 25.9 Å². The molecule has 148 valence electrons. The topological polar surface area (TPSA) is 122 Å². The van der Waals surface area contributed by atoms with Gasteiger partial charge in [0.1, 0.15) is 0 Å². The van der Waals surface area contributed by atoms with Crippen LogP contribution in [-0.2, 0) is 19.6 Å². The summed E-state index contributed by atoms with van der Waals surface area (Å²) in [5, 5.41) is 2.45. The lowest BCUT2D eigenvalue weighted by molar-refractivity contribution is -0.117. The van der Waals surface area contributed by atoms with Crippen LogP contribution in [0.5, 0.6) is 0 Å². The van der Waals surface area contributed by atoms with Crippen LogP contribution in [0.3, 0.4) is 0 Å². The van der Waals surface area contributed by atoms with E-state index in [1.165, 1.54) is 16.4 Å². The summed E-state index contributed by atoms with van der Waals surface area (Å²) in [7, 11) is -3.73. The number of primary amides is 1. The summed E-state index contributed by atoms with van der Waals surface area (Å²) < 4.78 is 32.4. The first-order valence-corrected chi connectivity index (χ1v) is 10.4. The van der Waals surface area contributed by atoms with Crippen molar-refractivity contribution in [1.29, 1.82) is 0 Å². The molecule has 1 aromatic rings. The number of morpholine rings is 1. The number of nitrogens with zero attached hydrogens (tertiary/aromatic N) is 2. The van der Waals surface area contributed by atoms with Crippen LogP contribution in [0.25, 0.3) is 0 Å². The molecule has 2 heterocycles. The van der Waals surface area contributed by atoms with Crippen LogP contribution in [0.1, 0.15) is 23.2 Å². The Bertz CT molecular complexity index is 815. The second-order valence-electron chi connectivity index (χ2n) is 6.54. The van der Waals surface area contributed by atoms with E-state index in [4.69, 9.17) is 10.5 Å². The number of nitrogens with two attached hydrogens (primary N) is 1. The van der Waals surface area contributed by atoms with Gasteiger partial charge in [-0.1, -0.05) is 0 Å². The van der Waals surface area contributed by atoms with Crippen LogP contribution < -0.4 is 16.0 Å². The Kier molecular flexibility index (Phi) is 5.98. The number of ether oxygens (including phenoxy) is 1. The number of nitrogens with one attached hydrogen (secondary N) is 1. The van der Waals surface area contributed by atoms with Crippen molar-refractivity contribution < 1.29 is 22.7 Å². The van der Waals surface area contributed by atoms with Crippen molar-refractivity contribution in [3.05, 3.63) is 23.8 Å². The Morgan fingerprint density at radius 1 is 1.11 bits per heavy atom. The Balaban J connectivity index is 1.95. The zero-order valence-corrected chi connectivity index (χ0v) is 15.8. The highest BCUT2D eigenvalue weighted by Gasteiger charge is 2.29. The van der Waals surface area contributed by atoms with E-state index < -0.39 is 21.8 Å². The van der Waals surface area contributed by atoms with Crippen LogP contribution in [0, 0.1) is 0 Å². The van der Waals surface area contributed by atoms with Crippen LogP contribution in [-0.4, -0.2) is 70.5 Å². The van der Waals surface area contributed by atoms with Gasteiger partial charge in [-0.05, 0) is 31.0 Å². The van der Waals surface area contributed by atoms with Crippen molar-refractivity contribution in [1.82, 2.24) is 9.62 Å². The molecular formula is C17H24N4O5S. The van der Waals surface area contributed by atoms with Gasteiger partial charge in [-0.2, -0.15) is 4.31 Å². The van der Waals surface area contributed by atoms with E-state index in [9.17, 15) is 18.0 Å². The molecule has 0 bridgehead atoms. The third-order valence-electron chi connectivity index (χ3n) is 4.69. The summed E-state index contributed by atoms with van der Waals surface area (Å²) in [6, 6.07) is 4.58. The highest BCUT2D eigenvalue weighted by atomic mass is 32.2. The van der Waals surface area contributed by atoms with Gasteiger partial charge < -0.3 is 20.7 Å². The molecule has 2 saturated heterocycles. The SMILES string of the molecule is NC(=O)CNC(=O)c1cc(S(=O)(=O)N2CCOCC2)ccc1N1CCCC1. The smallest absolute Gasteiger partial charge is 0.253 e. The Labute approximate surface area is 158 Å². The van der Waals surface area contributed by atoms with Crippen molar-refractivity contribution in [3.63, 3.8) is 0 Å². The first kappa shape index (κ1) is 19.6. The minimum atomic E-state index is -3.73. The number of anilines is 1. The normalized spacial score (nSPS) is 18.4. The van der Waals surface area contributed by atoms with Crippen LogP contribution in [0.4, 0.5) is 5.69 Å². The van der Waals surface area contributed by atoms with Crippen molar-refractivity contribution in [2.45, 2.75) is 17.7 Å². The maximum Gasteiger partial charge on any atom is 0.253 e. The van der Waals surface area contributed by atoms with E-state index in [-0.39, 0.29) is 30.1 Å². The molecule has 3 N–H and O–H groups in total. The lowest BCUT2D eigenvalue weighted by atomic mass is 10.1. The summed E-state index contributed by atoms with van der Waals surface area (Å²) in [6.07, 6.45) is 2.02. The third-order valence-corrected chi connectivity index (χ3v) is 6.59. The lowest BCUT2D eigenvalue weighted by Crippen LogP contribution is -2.40. The largest absolute Gasteiger partial charge is 0.379 e. The Hall–Kier alpha value is -2.17. The number of sulfonamides is 1. The fraction of sp³-hybridized carbons (Fsp3) is 0.529. The number of carbonyl (C=O) groups is 2. The summed E-state index contributed by atoms with van der Waals surface area (Å²) in [4.78, 5) is 25.7. The molecule has 0 aliphatic carbocycles. The lowest BCUT2D eigenvalue weighted by Gasteiger charge is -2.27. The molecule has 2 fully saturated rings. The molecule has 0 aromatic heterocycles. The Morgan fingerprint density at radius 2 is 1.78 bits per heavy atom. The van der Waals surface area contributed by atoms with Crippen molar-refractivity contribution in [2.75, 3.05) is 50.8 Å². The maximum absolute atomic E-state index is 12.9. The first-order chi connectivity index (χ1) is 12.9. The number of hydrogen-bond acceptors (Lipinski definition) is 6. The molecule has 0 radical (unpaired) electrons. The second-order valence-corrected chi connectivity index (χ2v) is 8.48. The monoisotopic (exact) mass is 396 g/mol. The van der Waals surface area contributed by atoms with E-state index in [2.05, 4.69) is 5.32 Å². The quantitative estimate of drug-likeness (QED) is 0.670. The molecule has 0 atom stereocenters. The maximum atomic E-state index is 12.9. The molecule has 3 rings (SSSR count). The predicted molar refractivity (Wildman–Crippen MR) is 99.0 cm³/mol. The van der Waals surface area contributed by atoms with E-state index in [0.29, 0.717) is 18.9 Å². The molecule has 2 aliphatic heterocycles. The average Bonchev–Trinajstić information content (AvgIpc) is 3.21. The summed E-state index contributed by atoms with van der Waals surface area (Å²) in [5.41, 5.74) is 5.99. The molecule has 0 saturated carbocycles. The predicted octanol–water partition coefficient (Wildman–Crippen LogP) is -0.477. The minimum Gasteiger partial charge on any atom is -0.379 e. The van der Waals surface area contributed by atoms with Crippen LogP contribution >= 0.6 is 0 Å². The van der Waals surface area contributed by atoms with Crippen molar-refractivity contribution in [2.24, 2.45) is 5.73 Å². The van der Waals surface area contributed by atoms with Gasteiger partial charge >= 0.3 is 0 Å². The van der Waals surface area contributed by atoms with Gasteiger partial charge in [-0.15, -0.1) is 0 Å². The van der Waals surface area contributed by atoms with Gasteiger partial charge in [0.15, 0.2) is 0 Å².